The molecule has 0 aromatic heterocycles. The van der Waals surface area contributed by atoms with Gasteiger partial charge in [-0.05, 0) is 31.5 Å². The number of allylic oxidation sites excluding steroid dienone is 3. The van der Waals surface area contributed by atoms with E-state index in [1.165, 1.54) is 28.2 Å². The molecular formula is C23H28ClN2O4+. The van der Waals surface area contributed by atoms with Gasteiger partial charge in [0.1, 0.15) is 7.05 Å². The second kappa shape index (κ2) is 9.55. The van der Waals surface area contributed by atoms with E-state index in [2.05, 4.69) is 117 Å². The average Bonchev–Trinajstić information content (AvgIpc) is 2.85. The lowest BCUT2D eigenvalue weighted by Crippen LogP contribution is -2.58. The van der Waals surface area contributed by atoms with Gasteiger partial charge in [0, 0.05) is 37.5 Å². The van der Waals surface area contributed by atoms with Crippen LogP contribution >= 0.6 is 0 Å². The number of halogens is 1. The summed E-state index contributed by atoms with van der Waals surface area (Å²) in [6.45, 7) is 4.58. The molecule has 0 saturated heterocycles. The highest BCUT2D eigenvalue weighted by Crippen LogP contribution is 2.38. The van der Waals surface area contributed by atoms with Crippen LogP contribution in [0, 0.1) is 10.2 Å². The Kier molecular flexibility index (Phi) is 7.58. The molecule has 1 aliphatic rings. The molecule has 0 spiro atoms. The normalized spacial score (nSPS) is 15.4. The van der Waals surface area contributed by atoms with Crippen molar-refractivity contribution in [1.82, 2.24) is 0 Å². The summed E-state index contributed by atoms with van der Waals surface area (Å²) in [6, 6.07) is 17.2. The molecular weight excluding hydrogens is 404 g/mol. The summed E-state index contributed by atoms with van der Waals surface area (Å²) in [6.07, 6.45) is 8.63. The van der Waals surface area contributed by atoms with Gasteiger partial charge in [-0.1, -0.05) is 48.6 Å². The van der Waals surface area contributed by atoms with Crippen LogP contribution in [0.4, 0.5) is 11.4 Å². The second-order valence-electron chi connectivity index (χ2n) is 7.69. The molecule has 0 bridgehead atoms. The van der Waals surface area contributed by atoms with Gasteiger partial charge in [0.05, 0.1) is 20.3 Å². The third-order valence-corrected chi connectivity index (χ3v) is 5.00. The molecule has 0 fully saturated rings. The highest BCUT2D eigenvalue weighted by Gasteiger charge is 2.42. The van der Waals surface area contributed by atoms with Gasteiger partial charge < -0.3 is 4.90 Å². The first-order valence-electron chi connectivity index (χ1n) is 9.37. The Morgan fingerprint density at radius 3 is 2.00 bits per heavy atom. The number of anilines is 1. The van der Waals surface area contributed by atoms with Crippen LogP contribution in [0.25, 0.3) is 6.08 Å². The molecule has 0 unspecified atom stereocenters. The van der Waals surface area contributed by atoms with Gasteiger partial charge >= 0.3 is 0 Å². The van der Waals surface area contributed by atoms with E-state index in [4.69, 9.17) is 18.6 Å². The van der Waals surface area contributed by atoms with Gasteiger partial charge in [-0.2, -0.15) is 18.6 Å². The number of fused-ring (bicyclic) bond motifs is 1. The molecule has 0 radical (unpaired) electrons. The van der Waals surface area contributed by atoms with Gasteiger partial charge in [-0.25, -0.2) is 0 Å². The maximum absolute atomic E-state index is 8.60. The number of rotatable bonds is 4. The highest BCUT2D eigenvalue weighted by atomic mass is 35.7. The molecule has 1 aliphatic heterocycles. The number of nitrogens with zero attached hydrogens (tertiary/aromatic N) is 2. The molecule has 0 aliphatic carbocycles. The summed E-state index contributed by atoms with van der Waals surface area (Å²) in [4.78, 5) is 2.11. The molecule has 6 nitrogen and oxygen atoms in total. The van der Waals surface area contributed by atoms with Crippen LogP contribution in [0.2, 0.25) is 0 Å². The maximum Gasteiger partial charge on any atom is 0.209 e. The van der Waals surface area contributed by atoms with Crippen molar-refractivity contribution in [3.63, 3.8) is 0 Å². The summed E-state index contributed by atoms with van der Waals surface area (Å²) in [7, 11) is 1.57. The van der Waals surface area contributed by atoms with Crippen molar-refractivity contribution in [2.45, 2.75) is 19.3 Å². The Morgan fingerprint density at radius 2 is 1.47 bits per heavy atom. The van der Waals surface area contributed by atoms with Crippen molar-refractivity contribution in [3.8, 4) is 0 Å². The number of hydrogen-bond acceptors (Lipinski definition) is 5. The van der Waals surface area contributed by atoms with Crippen LogP contribution in [0.3, 0.4) is 0 Å². The second-order valence-corrected chi connectivity index (χ2v) is 8.48. The van der Waals surface area contributed by atoms with E-state index < -0.39 is 10.2 Å². The Morgan fingerprint density at radius 1 is 0.933 bits per heavy atom. The molecule has 0 saturated carbocycles. The summed E-state index contributed by atoms with van der Waals surface area (Å²) in [5, 5.41) is 0. The average molecular weight is 432 g/mol. The minimum absolute atomic E-state index is 0.0308. The fourth-order valence-corrected chi connectivity index (χ4v) is 3.50. The molecule has 1 N–H and O–H groups in total. The fraction of sp³-hybridized carbons (Fsp3) is 0.261. The smallest absolute Gasteiger partial charge is 0.209 e. The SMILES string of the molecule is CN(C)c1ccc(/C=C/C=C/C2=[N+](C)c3ccccc3C2(C)C)cc1.[O-][Cl+3]([O-])([O-])O. The molecule has 7 heteroatoms. The van der Waals surface area contributed by atoms with Crippen molar-refractivity contribution >= 4 is 23.2 Å². The van der Waals surface area contributed by atoms with Crippen molar-refractivity contribution < 1.29 is 33.5 Å². The summed E-state index contributed by atoms with van der Waals surface area (Å²) in [5.74, 6) is 0. The van der Waals surface area contributed by atoms with Crippen molar-refractivity contribution in [1.29, 1.82) is 0 Å². The lowest BCUT2D eigenvalue weighted by Gasteiger charge is -2.14. The lowest BCUT2D eigenvalue weighted by molar-refractivity contribution is -1.92. The van der Waals surface area contributed by atoms with Crippen LogP contribution in [0.5, 0.6) is 0 Å². The topological polar surface area (TPSA) is 95.7 Å². The Balaban J connectivity index is 0.000000575. The van der Waals surface area contributed by atoms with Gasteiger partial charge in [0.25, 0.3) is 0 Å². The third-order valence-electron chi connectivity index (χ3n) is 5.00. The molecule has 0 amide bonds. The van der Waals surface area contributed by atoms with Crippen LogP contribution in [-0.4, -0.2) is 36.1 Å². The molecule has 0 atom stereocenters. The number of hydrogen-bond donors (Lipinski definition) is 1. The standard InChI is InChI=1S/C23H27N2.ClHO4/c1-23(2)20-11-7-8-12-21(20)25(5)22(23)13-9-6-10-18-14-16-19(17-15-18)24(3)4;2-1(3,4)5/h6-17H,1-5H3;(H,2,3,4,5)/q+1;. The maximum atomic E-state index is 8.60. The van der Waals surface area contributed by atoms with E-state index in [-0.39, 0.29) is 5.41 Å². The fourth-order valence-electron chi connectivity index (χ4n) is 3.50. The van der Waals surface area contributed by atoms with E-state index in [0.717, 1.165) is 0 Å². The Hall–Kier alpha value is -2.48. The van der Waals surface area contributed by atoms with E-state index in [1.807, 2.05) is 0 Å². The van der Waals surface area contributed by atoms with Crippen LogP contribution < -0.4 is 18.9 Å². The zero-order chi connectivity index (χ0) is 22.5. The lowest BCUT2D eigenvalue weighted by atomic mass is 9.81. The van der Waals surface area contributed by atoms with Crippen molar-refractivity contribution in [2.24, 2.45) is 0 Å². The predicted octanol–water partition coefficient (Wildman–Crippen LogP) is 0.904. The quantitative estimate of drug-likeness (QED) is 0.573. The molecule has 2 aromatic rings. The molecule has 1 heterocycles. The Labute approximate surface area is 180 Å². The third kappa shape index (κ3) is 6.26. The number of benzene rings is 2. The summed E-state index contributed by atoms with van der Waals surface area (Å²) in [5.41, 5.74) is 6.47. The van der Waals surface area contributed by atoms with Gasteiger partial charge in [0.15, 0.2) is 5.71 Å². The molecule has 3 rings (SSSR count). The first-order valence-corrected chi connectivity index (χ1v) is 10.6. The van der Waals surface area contributed by atoms with E-state index in [1.54, 1.807) is 0 Å². The summed E-state index contributed by atoms with van der Waals surface area (Å²) < 4.78 is 35.0. The minimum Gasteiger partial charge on any atom is -0.378 e. The van der Waals surface area contributed by atoms with E-state index >= 15 is 0 Å². The predicted molar refractivity (Wildman–Crippen MR) is 111 cm³/mol. The van der Waals surface area contributed by atoms with Gasteiger partial charge in [-0.15, -0.1) is 0 Å². The van der Waals surface area contributed by atoms with Gasteiger partial charge in [-0.3, -0.25) is 0 Å². The van der Waals surface area contributed by atoms with Crippen molar-refractivity contribution in [3.05, 3.63) is 77.9 Å². The van der Waals surface area contributed by atoms with Crippen molar-refractivity contribution in [2.75, 3.05) is 26.0 Å². The Bertz CT molecular complexity index is 950. The number of para-hydroxylation sites is 1. The van der Waals surface area contributed by atoms with Gasteiger partial charge in [0.2, 0.25) is 5.69 Å². The monoisotopic (exact) mass is 431 g/mol. The van der Waals surface area contributed by atoms with Crippen LogP contribution in [0.15, 0.2) is 66.8 Å². The van der Waals surface area contributed by atoms with E-state index in [0.29, 0.717) is 0 Å². The summed E-state index contributed by atoms with van der Waals surface area (Å²) >= 11 is 0. The molecule has 2 aromatic carbocycles. The first kappa shape index (κ1) is 23.8. The van der Waals surface area contributed by atoms with Crippen LogP contribution in [0.1, 0.15) is 25.0 Å². The van der Waals surface area contributed by atoms with E-state index in [9.17, 15) is 0 Å². The minimum atomic E-state index is -4.69. The molecule has 160 valence electrons. The first-order chi connectivity index (χ1) is 13.9. The zero-order valence-electron chi connectivity index (χ0n) is 17.9. The van der Waals surface area contributed by atoms with Crippen LogP contribution in [-0.2, 0) is 5.41 Å². The largest absolute Gasteiger partial charge is 0.378 e. The zero-order valence-corrected chi connectivity index (χ0v) is 18.6. The highest BCUT2D eigenvalue weighted by molar-refractivity contribution is 6.03. The molecule has 30 heavy (non-hydrogen) atoms.